The second-order valence-electron chi connectivity index (χ2n) is 4.42. The molecule has 0 spiro atoms. The van der Waals surface area contributed by atoms with Gasteiger partial charge in [-0.25, -0.2) is 0 Å². The van der Waals surface area contributed by atoms with Gasteiger partial charge in [-0.15, -0.1) is 0 Å². The van der Waals surface area contributed by atoms with Crippen molar-refractivity contribution in [3.05, 3.63) is 46.2 Å². The van der Waals surface area contributed by atoms with E-state index in [-0.39, 0.29) is 0 Å². The third-order valence-corrected chi connectivity index (χ3v) is 3.60. The van der Waals surface area contributed by atoms with Crippen molar-refractivity contribution in [2.24, 2.45) is 0 Å². The van der Waals surface area contributed by atoms with Crippen LogP contribution < -0.4 is 5.32 Å². The summed E-state index contributed by atoms with van der Waals surface area (Å²) in [5.41, 5.74) is 3.54. The summed E-state index contributed by atoms with van der Waals surface area (Å²) in [5.74, 6) is 0. The summed E-state index contributed by atoms with van der Waals surface area (Å²) in [7, 11) is 0. The quantitative estimate of drug-likeness (QED) is 0.914. The first-order chi connectivity index (χ1) is 9.69. The van der Waals surface area contributed by atoms with E-state index in [1.807, 2.05) is 30.7 Å². The minimum Gasteiger partial charge on any atom is -0.379 e. The molecule has 0 saturated heterocycles. The molecule has 0 aliphatic carbocycles. The molecule has 4 nitrogen and oxygen atoms in total. The van der Waals surface area contributed by atoms with Crippen LogP contribution in [0.25, 0.3) is 0 Å². The van der Waals surface area contributed by atoms with Crippen LogP contribution >= 0.6 is 11.6 Å². The maximum absolute atomic E-state index is 8.77. The molecule has 2 aromatic rings. The molecule has 0 amide bonds. The van der Waals surface area contributed by atoms with Crippen molar-refractivity contribution in [1.29, 1.82) is 5.26 Å². The van der Waals surface area contributed by atoms with Gasteiger partial charge in [-0.3, -0.25) is 4.68 Å². The Balaban J connectivity index is 2.13. The molecule has 1 N–H and O–H groups in total. The second kappa shape index (κ2) is 6.44. The number of hydrogen-bond donors (Lipinski definition) is 1. The molecule has 0 radical (unpaired) electrons. The van der Waals surface area contributed by atoms with Gasteiger partial charge in [0, 0.05) is 12.2 Å². The van der Waals surface area contributed by atoms with Gasteiger partial charge in [-0.05, 0) is 37.6 Å². The van der Waals surface area contributed by atoms with Crippen molar-refractivity contribution in [2.45, 2.75) is 33.4 Å². The molecule has 0 aliphatic rings. The van der Waals surface area contributed by atoms with Gasteiger partial charge in [-0.1, -0.05) is 18.5 Å². The number of nitriles is 1. The number of hydrogen-bond acceptors (Lipinski definition) is 3. The zero-order valence-corrected chi connectivity index (χ0v) is 12.4. The fourth-order valence-electron chi connectivity index (χ4n) is 2.03. The molecule has 2 rings (SSSR count). The van der Waals surface area contributed by atoms with Crippen molar-refractivity contribution < 1.29 is 0 Å². The predicted molar refractivity (Wildman–Crippen MR) is 80.8 cm³/mol. The first-order valence-electron chi connectivity index (χ1n) is 6.67. The monoisotopic (exact) mass is 288 g/mol. The highest BCUT2D eigenvalue weighted by Crippen LogP contribution is 2.22. The lowest BCUT2D eigenvalue weighted by Crippen LogP contribution is -2.08. The van der Waals surface area contributed by atoms with E-state index in [0.29, 0.717) is 12.1 Å². The van der Waals surface area contributed by atoms with Crippen molar-refractivity contribution >= 4 is 17.3 Å². The van der Waals surface area contributed by atoms with Gasteiger partial charge in [0.2, 0.25) is 0 Å². The first-order valence-corrected chi connectivity index (χ1v) is 7.05. The van der Waals surface area contributed by atoms with Crippen LogP contribution in [0.1, 0.15) is 30.8 Å². The van der Waals surface area contributed by atoms with Crippen LogP contribution in [0.15, 0.2) is 24.3 Å². The van der Waals surface area contributed by atoms with E-state index in [1.165, 1.54) is 0 Å². The normalized spacial score (nSPS) is 10.3. The highest BCUT2D eigenvalue weighted by Gasteiger charge is 2.13. The molecular weight excluding hydrogens is 272 g/mol. The zero-order chi connectivity index (χ0) is 14.5. The van der Waals surface area contributed by atoms with Gasteiger partial charge in [-0.2, -0.15) is 10.4 Å². The molecule has 20 heavy (non-hydrogen) atoms. The van der Waals surface area contributed by atoms with E-state index < -0.39 is 0 Å². The standard InChI is InChI=1S/C15H17ClN4/c1-3-13-15(16)14(20(4-2)19-13)10-18-12-7-5-11(9-17)6-8-12/h5-8,18H,3-4,10H2,1-2H3. The maximum Gasteiger partial charge on any atom is 0.0991 e. The SMILES string of the molecule is CCc1nn(CC)c(CNc2ccc(C#N)cc2)c1Cl. The average Bonchev–Trinajstić information content (AvgIpc) is 2.81. The zero-order valence-electron chi connectivity index (χ0n) is 11.7. The Kier molecular flexibility index (Phi) is 4.65. The largest absolute Gasteiger partial charge is 0.379 e. The highest BCUT2D eigenvalue weighted by molar-refractivity contribution is 6.31. The van der Waals surface area contributed by atoms with Crippen LogP contribution in [0.2, 0.25) is 5.02 Å². The van der Waals surface area contributed by atoms with Crippen LogP contribution in [0.4, 0.5) is 5.69 Å². The molecule has 0 bridgehead atoms. The number of halogens is 1. The van der Waals surface area contributed by atoms with Gasteiger partial charge < -0.3 is 5.32 Å². The third-order valence-electron chi connectivity index (χ3n) is 3.17. The van der Waals surface area contributed by atoms with Gasteiger partial charge in [0.15, 0.2) is 0 Å². The summed E-state index contributed by atoms with van der Waals surface area (Å²) in [4.78, 5) is 0. The molecule has 0 atom stereocenters. The average molecular weight is 289 g/mol. The van der Waals surface area contributed by atoms with E-state index in [4.69, 9.17) is 16.9 Å². The van der Waals surface area contributed by atoms with Crippen molar-refractivity contribution in [3.63, 3.8) is 0 Å². The minimum absolute atomic E-state index is 0.617. The molecule has 1 heterocycles. The van der Waals surface area contributed by atoms with E-state index >= 15 is 0 Å². The van der Waals surface area contributed by atoms with Gasteiger partial charge >= 0.3 is 0 Å². The number of benzene rings is 1. The molecule has 0 fully saturated rings. The van der Waals surface area contributed by atoms with E-state index in [1.54, 1.807) is 12.1 Å². The van der Waals surface area contributed by atoms with Crippen molar-refractivity contribution in [1.82, 2.24) is 9.78 Å². The molecular formula is C15H17ClN4. The Morgan fingerprint density at radius 3 is 2.55 bits per heavy atom. The van der Waals surface area contributed by atoms with Crippen LogP contribution in [0.5, 0.6) is 0 Å². The molecule has 0 unspecified atom stereocenters. The van der Waals surface area contributed by atoms with Crippen molar-refractivity contribution in [2.75, 3.05) is 5.32 Å². The molecule has 0 saturated carbocycles. The Hall–Kier alpha value is -1.99. The lowest BCUT2D eigenvalue weighted by Gasteiger charge is -2.08. The van der Waals surface area contributed by atoms with Crippen LogP contribution in [0.3, 0.4) is 0 Å². The molecule has 0 aliphatic heterocycles. The topological polar surface area (TPSA) is 53.6 Å². The summed E-state index contributed by atoms with van der Waals surface area (Å²) in [6, 6.07) is 9.46. The highest BCUT2D eigenvalue weighted by atomic mass is 35.5. The minimum atomic E-state index is 0.617. The fourth-order valence-corrected chi connectivity index (χ4v) is 2.37. The van der Waals surface area contributed by atoms with Gasteiger partial charge in [0.25, 0.3) is 0 Å². The number of aryl methyl sites for hydroxylation is 2. The number of anilines is 1. The number of nitrogens with zero attached hydrogens (tertiary/aromatic N) is 3. The summed E-state index contributed by atoms with van der Waals surface area (Å²) in [6.45, 7) is 5.51. The summed E-state index contributed by atoms with van der Waals surface area (Å²) >= 11 is 6.36. The van der Waals surface area contributed by atoms with Crippen LogP contribution in [-0.4, -0.2) is 9.78 Å². The smallest absolute Gasteiger partial charge is 0.0991 e. The molecule has 1 aromatic carbocycles. The molecule has 1 aromatic heterocycles. The Labute approximate surface area is 124 Å². The summed E-state index contributed by atoms with van der Waals surface area (Å²) < 4.78 is 1.93. The molecule has 5 heteroatoms. The van der Waals surface area contributed by atoms with E-state index in [2.05, 4.69) is 16.5 Å². The third kappa shape index (κ3) is 2.94. The maximum atomic E-state index is 8.77. The van der Waals surface area contributed by atoms with Crippen molar-refractivity contribution in [3.8, 4) is 6.07 Å². The van der Waals surface area contributed by atoms with Gasteiger partial charge in [0.1, 0.15) is 0 Å². The molecule has 104 valence electrons. The Morgan fingerprint density at radius 2 is 2.00 bits per heavy atom. The fraction of sp³-hybridized carbons (Fsp3) is 0.333. The summed E-state index contributed by atoms with van der Waals surface area (Å²) in [6.07, 6.45) is 0.829. The Bertz CT molecular complexity index is 623. The predicted octanol–water partition coefficient (Wildman–Crippen LogP) is 3.60. The van der Waals surface area contributed by atoms with E-state index in [0.717, 1.165) is 35.1 Å². The van der Waals surface area contributed by atoms with E-state index in [9.17, 15) is 0 Å². The number of aromatic nitrogens is 2. The van der Waals surface area contributed by atoms with Crippen LogP contribution in [-0.2, 0) is 19.5 Å². The second-order valence-corrected chi connectivity index (χ2v) is 4.80. The summed E-state index contributed by atoms with van der Waals surface area (Å²) in [5, 5.41) is 17.3. The van der Waals surface area contributed by atoms with Crippen LogP contribution in [0, 0.1) is 11.3 Å². The lowest BCUT2D eigenvalue weighted by molar-refractivity contribution is 0.619. The lowest BCUT2D eigenvalue weighted by atomic mass is 10.2. The first kappa shape index (κ1) is 14.4. The number of nitrogens with one attached hydrogen (secondary N) is 1. The number of rotatable bonds is 5. The Morgan fingerprint density at radius 1 is 1.30 bits per heavy atom. The van der Waals surface area contributed by atoms with Gasteiger partial charge in [0.05, 0.1) is 34.6 Å².